The van der Waals surface area contributed by atoms with E-state index in [1.165, 1.54) is 5.56 Å². The zero-order chi connectivity index (χ0) is 20.6. The van der Waals surface area contributed by atoms with Crippen molar-refractivity contribution in [3.63, 3.8) is 0 Å². The topological polar surface area (TPSA) is 35.5 Å². The first kappa shape index (κ1) is 22.9. The van der Waals surface area contributed by atoms with Crippen LogP contribution in [-0.4, -0.2) is 27.0 Å². The summed E-state index contributed by atoms with van der Waals surface area (Å²) in [4.78, 5) is 12.2. The van der Waals surface area contributed by atoms with Gasteiger partial charge in [0.2, 0.25) is 0 Å². The minimum Gasteiger partial charge on any atom is -0.466 e. The summed E-state index contributed by atoms with van der Waals surface area (Å²) in [6.07, 6.45) is 1.17. The lowest BCUT2D eigenvalue weighted by atomic mass is 9.86. The monoisotopic (exact) mass is 474 g/mol. The SMILES string of the molecule is CCOC(=O)CC1Cc2c(Cl)ccc(Br)c2C1C(C)O[Si](C)(C)C(C)(C)C. The molecule has 27 heavy (non-hydrogen) atoms. The van der Waals surface area contributed by atoms with Crippen LogP contribution in [0.5, 0.6) is 0 Å². The van der Waals surface area contributed by atoms with E-state index >= 15 is 0 Å². The average molecular weight is 476 g/mol. The summed E-state index contributed by atoms with van der Waals surface area (Å²) in [5.41, 5.74) is 2.33. The molecule has 0 aliphatic heterocycles. The Morgan fingerprint density at radius 2 is 2.00 bits per heavy atom. The Bertz CT molecular complexity index is 699. The summed E-state index contributed by atoms with van der Waals surface area (Å²) >= 11 is 10.2. The highest BCUT2D eigenvalue weighted by atomic mass is 79.9. The summed E-state index contributed by atoms with van der Waals surface area (Å²) in [5, 5.41) is 0.898. The highest BCUT2D eigenvalue weighted by Gasteiger charge is 2.45. The van der Waals surface area contributed by atoms with Gasteiger partial charge in [-0.3, -0.25) is 4.79 Å². The second kappa shape index (κ2) is 8.56. The Kier molecular flexibility index (Phi) is 7.27. The molecule has 1 aliphatic rings. The molecule has 3 atom stereocenters. The third-order valence-corrected chi connectivity index (χ3v) is 11.7. The predicted molar refractivity (Wildman–Crippen MR) is 118 cm³/mol. The van der Waals surface area contributed by atoms with Crippen molar-refractivity contribution in [1.82, 2.24) is 0 Å². The van der Waals surface area contributed by atoms with Gasteiger partial charge in [-0.25, -0.2) is 0 Å². The molecule has 2 rings (SSSR count). The van der Waals surface area contributed by atoms with Gasteiger partial charge in [0.05, 0.1) is 6.61 Å². The van der Waals surface area contributed by atoms with E-state index in [-0.39, 0.29) is 28.9 Å². The second-order valence-corrected chi connectivity index (χ2v) is 15.0. The Labute approximate surface area is 178 Å². The molecule has 0 aromatic heterocycles. The predicted octanol–water partition coefficient (Wildman–Crippen LogP) is 6.72. The van der Waals surface area contributed by atoms with Crippen molar-refractivity contribution in [2.75, 3.05) is 6.61 Å². The number of carbonyl (C=O) groups is 1. The Morgan fingerprint density at radius 1 is 1.37 bits per heavy atom. The molecule has 0 radical (unpaired) electrons. The fourth-order valence-electron chi connectivity index (χ4n) is 3.77. The normalized spacial score (nSPS) is 21.1. The average Bonchev–Trinajstić information content (AvgIpc) is 2.90. The molecule has 0 saturated carbocycles. The quantitative estimate of drug-likeness (QED) is 0.338. The standard InChI is InChI=1S/C21H32BrClO3Si/c1-8-25-18(24)12-14-11-15-17(23)10-9-16(22)20(15)19(14)13(2)26-27(6,7)21(3,4)5/h9-10,13-14,19H,8,11-12H2,1-7H3. The molecule has 152 valence electrons. The molecule has 0 spiro atoms. The van der Waals surface area contributed by atoms with Gasteiger partial charge in [0.25, 0.3) is 0 Å². The lowest BCUT2D eigenvalue weighted by Gasteiger charge is -2.41. The lowest BCUT2D eigenvalue weighted by Crippen LogP contribution is -2.45. The molecular formula is C21H32BrClO3Si. The van der Waals surface area contributed by atoms with Crippen molar-refractivity contribution in [2.24, 2.45) is 5.92 Å². The van der Waals surface area contributed by atoms with Gasteiger partial charge in [0.1, 0.15) is 0 Å². The molecule has 0 bridgehead atoms. The van der Waals surface area contributed by atoms with E-state index in [1.54, 1.807) is 0 Å². The van der Waals surface area contributed by atoms with Gasteiger partial charge in [-0.2, -0.15) is 0 Å². The molecule has 3 nitrogen and oxygen atoms in total. The molecule has 3 unspecified atom stereocenters. The third kappa shape index (κ3) is 4.98. The van der Waals surface area contributed by atoms with E-state index in [0.717, 1.165) is 21.5 Å². The maximum atomic E-state index is 12.2. The maximum Gasteiger partial charge on any atom is 0.306 e. The Morgan fingerprint density at radius 3 is 2.56 bits per heavy atom. The van der Waals surface area contributed by atoms with E-state index < -0.39 is 8.32 Å². The molecule has 1 aromatic rings. The van der Waals surface area contributed by atoms with Crippen LogP contribution in [-0.2, 0) is 20.4 Å². The summed E-state index contributed by atoms with van der Waals surface area (Å²) in [6, 6.07) is 3.92. The maximum absolute atomic E-state index is 12.2. The minimum atomic E-state index is -1.94. The molecule has 6 heteroatoms. The largest absolute Gasteiger partial charge is 0.466 e. The van der Waals surface area contributed by atoms with E-state index in [2.05, 4.69) is 56.7 Å². The highest BCUT2D eigenvalue weighted by molar-refractivity contribution is 9.10. The van der Waals surface area contributed by atoms with E-state index in [0.29, 0.717) is 13.0 Å². The summed E-state index contributed by atoms with van der Waals surface area (Å²) in [7, 11) is -1.94. The van der Waals surface area contributed by atoms with Crippen LogP contribution in [0.4, 0.5) is 0 Å². The summed E-state index contributed by atoms with van der Waals surface area (Å²) in [6.45, 7) is 15.7. The molecule has 0 amide bonds. The van der Waals surface area contributed by atoms with Crippen molar-refractivity contribution in [2.45, 2.75) is 77.6 Å². The van der Waals surface area contributed by atoms with E-state index in [1.807, 2.05) is 19.1 Å². The zero-order valence-corrected chi connectivity index (χ0v) is 20.8. The van der Waals surface area contributed by atoms with Crippen molar-refractivity contribution in [3.8, 4) is 0 Å². The Balaban J connectivity index is 2.39. The lowest BCUT2D eigenvalue weighted by molar-refractivity contribution is -0.144. The van der Waals surface area contributed by atoms with Gasteiger partial charge >= 0.3 is 5.97 Å². The van der Waals surface area contributed by atoms with Crippen molar-refractivity contribution >= 4 is 41.8 Å². The van der Waals surface area contributed by atoms with Gasteiger partial charge in [0.15, 0.2) is 8.32 Å². The van der Waals surface area contributed by atoms with Crippen molar-refractivity contribution in [3.05, 3.63) is 32.8 Å². The first-order valence-electron chi connectivity index (χ1n) is 9.69. The molecular weight excluding hydrogens is 444 g/mol. The number of carbonyl (C=O) groups excluding carboxylic acids is 1. The number of hydrogen-bond acceptors (Lipinski definition) is 3. The van der Waals surface area contributed by atoms with Crippen molar-refractivity contribution < 1.29 is 14.0 Å². The number of fused-ring (bicyclic) bond motifs is 1. The molecule has 0 saturated heterocycles. The van der Waals surface area contributed by atoms with Gasteiger partial charge in [-0.05, 0) is 67.6 Å². The molecule has 0 N–H and O–H groups in total. The number of hydrogen-bond donors (Lipinski definition) is 0. The number of halogens is 2. The van der Waals surface area contributed by atoms with Crippen LogP contribution in [0.1, 0.15) is 58.1 Å². The van der Waals surface area contributed by atoms with Gasteiger partial charge in [-0.1, -0.05) is 48.3 Å². The second-order valence-electron chi connectivity index (χ2n) is 9.00. The van der Waals surface area contributed by atoms with Gasteiger partial charge < -0.3 is 9.16 Å². The number of benzene rings is 1. The van der Waals surface area contributed by atoms with Crippen LogP contribution in [0.3, 0.4) is 0 Å². The number of rotatable bonds is 6. The molecule has 1 aromatic carbocycles. The van der Waals surface area contributed by atoms with E-state index in [4.69, 9.17) is 20.8 Å². The zero-order valence-electron chi connectivity index (χ0n) is 17.5. The number of ether oxygens (including phenoxy) is 1. The van der Waals surface area contributed by atoms with Crippen LogP contribution in [0.2, 0.25) is 23.2 Å². The molecule has 0 heterocycles. The summed E-state index contributed by atoms with van der Waals surface area (Å²) in [5.74, 6) is 0.105. The summed E-state index contributed by atoms with van der Waals surface area (Å²) < 4.78 is 13.0. The highest BCUT2D eigenvalue weighted by Crippen LogP contribution is 2.50. The number of esters is 1. The van der Waals surface area contributed by atoms with Gasteiger partial charge in [-0.15, -0.1) is 0 Å². The van der Waals surface area contributed by atoms with Crippen LogP contribution in [0, 0.1) is 5.92 Å². The van der Waals surface area contributed by atoms with E-state index in [9.17, 15) is 4.79 Å². The van der Waals surface area contributed by atoms with Gasteiger partial charge in [0, 0.05) is 27.9 Å². The van der Waals surface area contributed by atoms with Crippen LogP contribution >= 0.6 is 27.5 Å². The Hall–Kier alpha value is -0.363. The van der Waals surface area contributed by atoms with Crippen LogP contribution in [0.25, 0.3) is 0 Å². The minimum absolute atomic E-state index is 0.00124. The molecule has 0 fully saturated rings. The fourth-order valence-corrected chi connectivity index (χ4v) is 6.08. The van der Waals surface area contributed by atoms with Crippen LogP contribution < -0.4 is 0 Å². The first-order valence-corrected chi connectivity index (χ1v) is 13.8. The third-order valence-electron chi connectivity index (χ3n) is 6.08. The fraction of sp³-hybridized carbons (Fsp3) is 0.667. The van der Waals surface area contributed by atoms with Crippen molar-refractivity contribution in [1.29, 1.82) is 0 Å². The first-order chi connectivity index (χ1) is 12.4. The van der Waals surface area contributed by atoms with Crippen LogP contribution in [0.15, 0.2) is 16.6 Å². The molecule has 1 aliphatic carbocycles. The smallest absolute Gasteiger partial charge is 0.306 e.